The van der Waals surface area contributed by atoms with Crippen LogP contribution < -0.4 is 10.2 Å². The number of aromatic nitrogens is 1. The summed E-state index contributed by atoms with van der Waals surface area (Å²) in [6.07, 6.45) is 2.46. The molecule has 1 rings (SSSR count). The van der Waals surface area contributed by atoms with Crippen LogP contribution in [0.1, 0.15) is 46.2 Å². The predicted octanol–water partition coefficient (Wildman–Crippen LogP) is 3.27. The Labute approximate surface area is 109 Å². The van der Waals surface area contributed by atoms with Gasteiger partial charge in [0, 0.05) is 31.1 Å². The molecule has 0 saturated heterocycles. The Hall–Kier alpha value is -0.610. The maximum Gasteiger partial charge on any atom is 0.185 e. The van der Waals surface area contributed by atoms with Crippen molar-refractivity contribution in [2.75, 3.05) is 18.5 Å². The van der Waals surface area contributed by atoms with E-state index >= 15 is 0 Å². The molecule has 1 aromatic rings. The SMILES string of the molecule is CCCCN(C)c1nc(CNC(C)(C)C)cs1. The van der Waals surface area contributed by atoms with Crippen LogP contribution in [0.5, 0.6) is 0 Å². The Kier molecular flexibility index (Phi) is 5.40. The van der Waals surface area contributed by atoms with Crippen LogP contribution >= 0.6 is 11.3 Å². The molecule has 0 aliphatic rings. The summed E-state index contributed by atoms with van der Waals surface area (Å²) in [6, 6.07) is 0. The quantitative estimate of drug-likeness (QED) is 0.845. The molecule has 3 nitrogen and oxygen atoms in total. The van der Waals surface area contributed by atoms with Gasteiger partial charge in [-0.25, -0.2) is 4.98 Å². The lowest BCUT2D eigenvalue weighted by atomic mass is 10.1. The second kappa shape index (κ2) is 6.36. The van der Waals surface area contributed by atoms with Gasteiger partial charge < -0.3 is 10.2 Å². The molecule has 0 unspecified atom stereocenters. The van der Waals surface area contributed by atoms with Crippen LogP contribution in [0, 0.1) is 0 Å². The molecule has 0 fully saturated rings. The van der Waals surface area contributed by atoms with Gasteiger partial charge in [0.2, 0.25) is 0 Å². The molecule has 0 saturated carbocycles. The number of rotatable bonds is 6. The summed E-state index contributed by atoms with van der Waals surface area (Å²) in [5, 5.41) is 6.74. The van der Waals surface area contributed by atoms with E-state index in [4.69, 9.17) is 0 Å². The second-order valence-corrected chi connectivity index (χ2v) is 6.34. The maximum atomic E-state index is 4.65. The molecule has 1 N–H and O–H groups in total. The highest BCUT2D eigenvalue weighted by Gasteiger charge is 2.11. The van der Waals surface area contributed by atoms with Crippen LogP contribution in [0.25, 0.3) is 0 Å². The van der Waals surface area contributed by atoms with Crippen molar-refractivity contribution in [3.63, 3.8) is 0 Å². The van der Waals surface area contributed by atoms with Gasteiger partial charge in [0.25, 0.3) is 0 Å². The van der Waals surface area contributed by atoms with Crippen molar-refractivity contribution in [2.45, 2.75) is 52.6 Å². The van der Waals surface area contributed by atoms with Gasteiger partial charge in [-0.15, -0.1) is 11.3 Å². The van der Waals surface area contributed by atoms with E-state index in [-0.39, 0.29) is 5.54 Å². The number of nitrogens with zero attached hydrogens (tertiary/aromatic N) is 2. The summed E-state index contributed by atoms with van der Waals surface area (Å²) in [7, 11) is 2.12. The topological polar surface area (TPSA) is 28.2 Å². The fourth-order valence-electron chi connectivity index (χ4n) is 1.40. The van der Waals surface area contributed by atoms with Gasteiger partial charge in [0.05, 0.1) is 5.69 Å². The molecule has 0 aromatic carbocycles. The molecule has 4 heteroatoms. The van der Waals surface area contributed by atoms with Gasteiger partial charge in [-0.3, -0.25) is 0 Å². The van der Waals surface area contributed by atoms with Gasteiger partial charge in [-0.2, -0.15) is 0 Å². The average molecular weight is 255 g/mol. The first-order valence-electron chi connectivity index (χ1n) is 6.33. The number of unbranched alkanes of at least 4 members (excludes halogenated alkanes) is 1. The van der Waals surface area contributed by atoms with Crippen molar-refractivity contribution in [1.29, 1.82) is 0 Å². The summed E-state index contributed by atoms with van der Waals surface area (Å²) >= 11 is 1.73. The maximum absolute atomic E-state index is 4.65. The van der Waals surface area contributed by atoms with Gasteiger partial charge in [-0.1, -0.05) is 13.3 Å². The Bertz CT molecular complexity index is 328. The first-order valence-corrected chi connectivity index (χ1v) is 7.21. The zero-order valence-electron chi connectivity index (χ0n) is 11.7. The average Bonchev–Trinajstić information content (AvgIpc) is 2.70. The summed E-state index contributed by atoms with van der Waals surface area (Å²) in [6.45, 7) is 10.7. The fourth-order valence-corrected chi connectivity index (χ4v) is 2.22. The predicted molar refractivity (Wildman–Crippen MR) is 76.9 cm³/mol. The molecular formula is C13H25N3S. The summed E-state index contributed by atoms with van der Waals surface area (Å²) in [5.41, 5.74) is 1.29. The highest BCUT2D eigenvalue weighted by Crippen LogP contribution is 2.19. The highest BCUT2D eigenvalue weighted by molar-refractivity contribution is 7.13. The molecule has 17 heavy (non-hydrogen) atoms. The van der Waals surface area contributed by atoms with Gasteiger partial charge in [0.15, 0.2) is 5.13 Å². The third-order valence-electron chi connectivity index (χ3n) is 2.51. The zero-order chi connectivity index (χ0) is 12.9. The Morgan fingerprint density at radius 1 is 1.41 bits per heavy atom. The summed E-state index contributed by atoms with van der Waals surface area (Å²) in [4.78, 5) is 6.89. The molecule has 1 aromatic heterocycles. The molecule has 0 aliphatic carbocycles. The van der Waals surface area contributed by atoms with E-state index in [1.807, 2.05) is 0 Å². The van der Waals surface area contributed by atoms with Crippen LogP contribution in [0.3, 0.4) is 0 Å². The number of hydrogen-bond donors (Lipinski definition) is 1. The second-order valence-electron chi connectivity index (χ2n) is 5.50. The van der Waals surface area contributed by atoms with E-state index < -0.39 is 0 Å². The van der Waals surface area contributed by atoms with Crippen LogP contribution in [-0.2, 0) is 6.54 Å². The molecule has 0 amide bonds. The Morgan fingerprint density at radius 2 is 2.12 bits per heavy atom. The number of thiazole rings is 1. The summed E-state index contributed by atoms with van der Waals surface area (Å²) in [5.74, 6) is 0. The van der Waals surface area contributed by atoms with E-state index in [0.29, 0.717) is 0 Å². The Balaban J connectivity index is 2.47. The van der Waals surface area contributed by atoms with Crippen molar-refractivity contribution in [2.24, 2.45) is 0 Å². The minimum absolute atomic E-state index is 0.151. The lowest BCUT2D eigenvalue weighted by Crippen LogP contribution is -2.35. The monoisotopic (exact) mass is 255 g/mol. The number of nitrogens with one attached hydrogen (secondary N) is 1. The van der Waals surface area contributed by atoms with Crippen LogP contribution in [0.15, 0.2) is 5.38 Å². The lowest BCUT2D eigenvalue weighted by molar-refractivity contribution is 0.422. The molecule has 0 atom stereocenters. The standard InChI is InChI=1S/C13H25N3S/c1-6-7-8-16(5)12-15-11(10-17-12)9-14-13(2,3)4/h10,14H,6-9H2,1-5H3. The fraction of sp³-hybridized carbons (Fsp3) is 0.769. The van der Waals surface area contributed by atoms with Crippen molar-refractivity contribution in [1.82, 2.24) is 10.3 Å². The van der Waals surface area contributed by atoms with E-state index in [0.717, 1.165) is 23.9 Å². The summed E-state index contributed by atoms with van der Waals surface area (Å²) < 4.78 is 0. The van der Waals surface area contributed by atoms with Gasteiger partial charge >= 0.3 is 0 Å². The van der Waals surface area contributed by atoms with E-state index in [9.17, 15) is 0 Å². The Morgan fingerprint density at radius 3 is 2.71 bits per heavy atom. The minimum atomic E-state index is 0.151. The van der Waals surface area contributed by atoms with E-state index in [1.165, 1.54) is 12.8 Å². The molecule has 0 bridgehead atoms. The van der Waals surface area contributed by atoms with E-state index in [1.54, 1.807) is 11.3 Å². The number of anilines is 1. The molecule has 0 radical (unpaired) electrons. The molecular weight excluding hydrogens is 230 g/mol. The third-order valence-corrected chi connectivity index (χ3v) is 3.52. The lowest BCUT2D eigenvalue weighted by Gasteiger charge is -2.19. The number of hydrogen-bond acceptors (Lipinski definition) is 4. The first kappa shape index (κ1) is 14.5. The van der Waals surface area contributed by atoms with Crippen molar-refractivity contribution in [3.05, 3.63) is 11.1 Å². The van der Waals surface area contributed by atoms with Crippen molar-refractivity contribution >= 4 is 16.5 Å². The highest BCUT2D eigenvalue weighted by atomic mass is 32.1. The largest absolute Gasteiger partial charge is 0.351 e. The minimum Gasteiger partial charge on any atom is -0.351 e. The van der Waals surface area contributed by atoms with Crippen LogP contribution in [0.2, 0.25) is 0 Å². The zero-order valence-corrected chi connectivity index (χ0v) is 12.5. The smallest absolute Gasteiger partial charge is 0.185 e. The van der Waals surface area contributed by atoms with Crippen LogP contribution in [-0.4, -0.2) is 24.1 Å². The molecule has 98 valence electrons. The first-order chi connectivity index (χ1) is 7.92. The molecule has 1 heterocycles. The van der Waals surface area contributed by atoms with E-state index in [2.05, 4.69) is 55.3 Å². The third kappa shape index (κ3) is 5.50. The van der Waals surface area contributed by atoms with Crippen molar-refractivity contribution in [3.8, 4) is 0 Å². The van der Waals surface area contributed by atoms with Gasteiger partial charge in [0.1, 0.15) is 0 Å². The molecule has 0 spiro atoms. The van der Waals surface area contributed by atoms with Crippen LogP contribution in [0.4, 0.5) is 5.13 Å². The molecule has 0 aliphatic heterocycles. The van der Waals surface area contributed by atoms with Gasteiger partial charge in [-0.05, 0) is 27.2 Å². The van der Waals surface area contributed by atoms with Crippen molar-refractivity contribution < 1.29 is 0 Å². The normalized spacial score (nSPS) is 11.8.